The van der Waals surface area contributed by atoms with E-state index in [1.807, 2.05) is 6.07 Å². The van der Waals surface area contributed by atoms with Crippen molar-refractivity contribution >= 4 is 5.91 Å². The summed E-state index contributed by atoms with van der Waals surface area (Å²) in [6.07, 6.45) is 5.04. The first-order chi connectivity index (χ1) is 17.0. The topological polar surface area (TPSA) is 69.3 Å². The maximum Gasteiger partial charge on any atom is 0.231 e. The quantitative estimate of drug-likeness (QED) is 0.680. The van der Waals surface area contributed by atoms with Crippen LogP contribution >= 0.6 is 0 Å². The Labute approximate surface area is 207 Å². The highest BCUT2D eigenvalue weighted by atomic mass is 16.7. The number of rotatable bonds is 6. The number of carbonyl (C=O) groups excluding carboxylic acids is 1. The van der Waals surface area contributed by atoms with Gasteiger partial charge < -0.3 is 29.2 Å². The van der Waals surface area contributed by atoms with Gasteiger partial charge in [-0.25, -0.2) is 0 Å². The number of benzene rings is 2. The minimum atomic E-state index is -0.612. The van der Waals surface area contributed by atoms with Crippen molar-refractivity contribution in [1.82, 2.24) is 10.2 Å². The average Bonchev–Trinajstić information content (AvgIpc) is 3.14. The maximum absolute atomic E-state index is 13.6. The molecule has 0 radical (unpaired) electrons. The smallest absolute Gasteiger partial charge is 0.231 e. The lowest BCUT2D eigenvalue weighted by molar-refractivity contribution is -0.128. The van der Waals surface area contributed by atoms with Crippen LogP contribution < -0.4 is 24.3 Å². The van der Waals surface area contributed by atoms with Crippen LogP contribution in [0.5, 0.6) is 23.0 Å². The van der Waals surface area contributed by atoms with Crippen LogP contribution in [0.25, 0.3) is 0 Å². The van der Waals surface area contributed by atoms with E-state index in [4.69, 9.17) is 18.9 Å². The van der Waals surface area contributed by atoms with Gasteiger partial charge in [-0.2, -0.15) is 0 Å². The second kappa shape index (κ2) is 9.97. The van der Waals surface area contributed by atoms with Crippen molar-refractivity contribution in [2.75, 3.05) is 47.2 Å². The number of hydrogen-bond donors (Lipinski definition) is 1. The Kier molecular flexibility index (Phi) is 6.78. The second-order valence-electron chi connectivity index (χ2n) is 10.0. The zero-order chi connectivity index (χ0) is 24.4. The molecule has 35 heavy (non-hydrogen) atoms. The van der Waals surface area contributed by atoms with Gasteiger partial charge in [-0.1, -0.05) is 12.5 Å². The van der Waals surface area contributed by atoms with Crippen molar-refractivity contribution in [2.24, 2.45) is 5.92 Å². The SMILES string of the molecule is COc1ccc(CCN2CCCCC(C3(C)C(=O)NCCc4cc5c(cc43)OCO5)C2)cc1OC. The van der Waals surface area contributed by atoms with Crippen LogP contribution in [0.3, 0.4) is 0 Å². The molecule has 7 nitrogen and oxygen atoms in total. The molecule has 1 N–H and O–H groups in total. The Morgan fingerprint density at radius 1 is 1.09 bits per heavy atom. The summed E-state index contributed by atoms with van der Waals surface area (Å²) in [7, 11) is 3.33. The van der Waals surface area contributed by atoms with E-state index in [9.17, 15) is 4.79 Å². The highest BCUT2D eigenvalue weighted by molar-refractivity contribution is 5.89. The van der Waals surface area contributed by atoms with Crippen LogP contribution in [0.15, 0.2) is 30.3 Å². The molecule has 3 aliphatic heterocycles. The molecule has 1 fully saturated rings. The summed E-state index contributed by atoms with van der Waals surface area (Å²) in [5.74, 6) is 3.39. The molecule has 7 heteroatoms. The van der Waals surface area contributed by atoms with Crippen LogP contribution in [0, 0.1) is 5.92 Å². The highest BCUT2D eigenvalue weighted by Gasteiger charge is 2.46. The lowest BCUT2D eigenvalue weighted by Gasteiger charge is -2.38. The first-order valence-electron chi connectivity index (χ1n) is 12.7. The minimum absolute atomic E-state index is 0.127. The number of ether oxygens (including phenoxy) is 4. The molecule has 1 amide bonds. The monoisotopic (exact) mass is 480 g/mol. The molecule has 5 rings (SSSR count). The van der Waals surface area contributed by atoms with Gasteiger partial charge in [-0.3, -0.25) is 4.79 Å². The van der Waals surface area contributed by atoms with E-state index in [0.717, 1.165) is 80.3 Å². The number of nitrogens with zero attached hydrogens (tertiary/aromatic N) is 1. The first-order valence-corrected chi connectivity index (χ1v) is 12.7. The van der Waals surface area contributed by atoms with Gasteiger partial charge in [-0.15, -0.1) is 0 Å². The number of likely N-dealkylation sites (tertiary alicyclic amines) is 1. The third-order valence-corrected chi connectivity index (χ3v) is 8.05. The number of carbonyl (C=O) groups is 1. The molecule has 2 aromatic carbocycles. The molecule has 0 saturated carbocycles. The van der Waals surface area contributed by atoms with Crippen LogP contribution in [-0.2, 0) is 23.1 Å². The molecule has 0 bridgehead atoms. The van der Waals surface area contributed by atoms with E-state index in [-0.39, 0.29) is 18.6 Å². The molecule has 0 aliphatic carbocycles. The molecule has 2 unspecified atom stereocenters. The summed E-state index contributed by atoms with van der Waals surface area (Å²) in [6, 6.07) is 10.3. The fourth-order valence-corrected chi connectivity index (χ4v) is 5.91. The zero-order valence-electron chi connectivity index (χ0n) is 21.0. The van der Waals surface area contributed by atoms with E-state index in [1.165, 1.54) is 11.1 Å². The molecule has 3 heterocycles. The molecular weight excluding hydrogens is 444 g/mol. The van der Waals surface area contributed by atoms with Crippen molar-refractivity contribution in [1.29, 1.82) is 0 Å². The number of fused-ring (bicyclic) bond motifs is 2. The molecule has 188 valence electrons. The minimum Gasteiger partial charge on any atom is -0.493 e. The Morgan fingerprint density at radius 3 is 2.69 bits per heavy atom. The van der Waals surface area contributed by atoms with Gasteiger partial charge in [0.15, 0.2) is 23.0 Å². The molecule has 0 aromatic heterocycles. The Hall–Kier alpha value is -2.93. The summed E-state index contributed by atoms with van der Waals surface area (Å²) < 4.78 is 22.2. The van der Waals surface area contributed by atoms with E-state index < -0.39 is 5.41 Å². The standard InChI is InChI=1S/C28H36N2O5/c1-28(22-16-26-25(34-18-35-26)15-20(22)9-11-29-27(28)31)21-6-4-5-12-30(17-21)13-10-19-7-8-23(32-2)24(14-19)33-3/h7-8,14-16,21H,4-6,9-13,17-18H2,1-3H3,(H,29,31). The summed E-state index contributed by atoms with van der Waals surface area (Å²) in [5, 5.41) is 3.21. The Balaban J connectivity index is 1.38. The number of nitrogens with one attached hydrogen (secondary N) is 1. The highest BCUT2D eigenvalue weighted by Crippen LogP contribution is 2.45. The van der Waals surface area contributed by atoms with Gasteiger partial charge in [0.05, 0.1) is 19.6 Å². The van der Waals surface area contributed by atoms with Gasteiger partial charge >= 0.3 is 0 Å². The lowest BCUT2D eigenvalue weighted by atomic mass is 9.68. The second-order valence-corrected chi connectivity index (χ2v) is 10.0. The van der Waals surface area contributed by atoms with Gasteiger partial charge in [-0.05, 0) is 86.0 Å². The van der Waals surface area contributed by atoms with E-state index in [0.29, 0.717) is 6.54 Å². The number of hydrogen-bond acceptors (Lipinski definition) is 6. The predicted octanol–water partition coefficient (Wildman–Crippen LogP) is 3.71. The summed E-state index contributed by atoms with van der Waals surface area (Å²) in [6.45, 7) is 5.92. The summed E-state index contributed by atoms with van der Waals surface area (Å²) >= 11 is 0. The summed E-state index contributed by atoms with van der Waals surface area (Å²) in [4.78, 5) is 16.1. The summed E-state index contributed by atoms with van der Waals surface area (Å²) in [5.41, 5.74) is 2.90. The molecule has 3 aliphatic rings. The number of amides is 1. The van der Waals surface area contributed by atoms with Crippen LogP contribution in [0.1, 0.15) is 42.9 Å². The molecule has 2 atom stereocenters. The van der Waals surface area contributed by atoms with Crippen LogP contribution in [0.2, 0.25) is 0 Å². The van der Waals surface area contributed by atoms with Crippen molar-refractivity contribution in [3.05, 3.63) is 47.0 Å². The van der Waals surface area contributed by atoms with Crippen LogP contribution in [0.4, 0.5) is 0 Å². The van der Waals surface area contributed by atoms with Gasteiger partial charge in [0.25, 0.3) is 0 Å². The average molecular weight is 481 g/mol. The van der Waals surface area contributed by atoms with Gasteiger partial charge in [0, 0.05) is 19.6 Å². The maximum atomic E-state index is 13.6. The van der Waals surface area contributed by atoms with Gasteiger partial charge in [0.1, 0.15) is 0 Å². The normalized spacial score (nSPS) is 24.2. The van der Waals surface area contributed by atoms with Crippen molar-refractivity contribution < 1.29 is 23.7 Å². The van der Waals surface area contributed by atoms with Crippen molar-refractivity contribution in [3.63, 3.8) is 0 Å². The van der Waals surface area contributed by atoms with E-state index in [2.05, 4.69) is 41.4 Å². The number of methoxy groups -OCH3 is 2. The van der Waals surface area contributed by atoms with E-state index >= 15 is 0 Å². The molecule has 1 saturated heterocycles. The Bertz CT molecular complexity index is 1090. The zero-order valence-corrected chi connectivity index (χ0v) is 21.0. The third-order valence-electron chi connectivity index (χ3n) is 8.05. The fourth-order valence-electron chi connectivity index (χ4n) is 5.91. The van der Waals surface area contributed by atoms with Crippen molar-refractivity contribution in [2.45, 2.75) is 44.4 Å². The predicted molar refractivity (Wildman–Crippen MR) is 134 cm³/mol. The first kappa shape index (κ1) is 23.8. The molecule has 2 aromatic rings. The van der Waals surface area contributed by atoms with Crippen LogP contribution in [-0.4, -0.2) is 58.0 Å². The lowest BCUT2D eigenvalue weighted by Crippen LogP contribution is -2.49. The van der Waals surface area contributed by atoms with Gasteiger partial charge in [0.2, 0.25) is 12.7 Å². The molecular formula is C28H36N2O5. The largest absolute Gasteiger partial charge is 0.493 e. The Morgan fingerprint density at radius 2 is 1.89 bits per heavy atom. The van der Waals surface area contributed by atoms with Crippen molar-refractivity contribution in [3.8, 4) is 23.0 Å². The molecule has 0 spiro atoms. The third kappa shape index (κ3) is 4.54. The fraction of sp³-hybridized carbons (Fsp3) is 0.536. The van der Waals surface area contributed by atoms with E-state index in [1.54, 1.807) is 14.2 Å².